The van der Waals surface area contributed by atoms with E-state index in [-0.39, 0.29) is 129 Å². The zero-order valence-electron chi connectivity index (χ0n) is 5.37. The molecular weight excluding hydrogens is 491 g/mol. The van der Waals surface area contributed by atoms with Crippen LogP contribution in [0.15, 0.2) is 0 Å². The maximum absolute atomic E-state index is 8.06. The van der Waals surface area contributed by atoms with Crippen LogP contribution in [0.25, 0.3) is 0 Å². The molecule has 8 heavy (non-hydrogen) atoms. The van der Waals surface area contributed by atoms with Crippen molar-refractivity contribution >= 4 is 55.1 Å². The van der Waals surface area contributed by atoms with E-state index in [0.717, 1.165) is 0 Å². The third-order valence-corrected chi connectivity index (χ3v) is 0. The molecule has 0 aliphatic carbocycles. The van der Waals surface area contributed by atoms with Crippen LogP contribution in [0.3, 0.4) is 0 Å². The van der Waals surface area contributed by atoms with Gasteiger partial charge < -0.3 is 2.85 Å². The monoisotopic (exact) mass is 495 g/mol. The van der Waals surface area contributed by atoms with Crippen molar-refractivity contribution in [2.24, 2.45) is 0 Å². The molecule has 0 rings (SSSR count). The SMILES string of the molecule is [AlH3].[Ca+2].[H-].[H-].[La].[La].[O]=[Mn].[O]=[Ni]. The maximum atomic E-state index is 8.06. The Morgan fingerprint density at radius 2 is 1.12 bits per heavy atom. The Morgan fingerprint density at radius 1 is 1.12 bits per heavy atom. The minimum absolute atomic E-state index is 0. The van der Waals surface area contributed by atoms with Crippen molar-refractivity contribution in [1.82, 2.24) is 0 Å². The number of hydrogen-bond donors (Lipinski definition) is 0. The van der Waals surface area contributed by atoms with Crippen molar-refractivity contribution in [2.75, 3.05) is 0 Å². The fraction of sp³-hybridized carbons (Fsp3) is 0. The zero-order valence-corrected chi connectivity index (χ0v) is 15.0. The van der Waals surface area contributed by atoms with Crippen LogP contribution < -0.4 is 0 Å². The molecule has 0 aromatic heterocycles. The van der Waals surface area contributed by atoms with Crippen molar-refractivity contribution in [1.29, 1.82) is 0 Å². The number of hydrogen-bond acceptors (Lipinski definition) is 2. The summed E-state index contributed by atoms with van der Waals surface area (Å²) in [5.41, 5.74) is 0. The van der Waals surface area contributed by atoms with E-state index in [4.69, 9.17) is 7.73 Å². The first-order chi connectivity index (χ1) is 2.00. The van der Waals surface area contributed by atoms with Crippen LogP contribution in [0.5, 0.6) is 0 Å². The van der Waals surface area contributed by atoms with Gasteiger partial charge >= 0.3 is 76.8 Å². The van der Waals surface area contributed by atoms with E-state index < -0.39 is 0 Å². The quantitative estimate of drug-likeness (QED) is 0.381. The topological polar surface area (TPSA) is 34.1 Å². The van der Waals surface area contributed by atoms with Crippen LogP contribution in [0, 0.1) is 71.2 Å². The summed E-state index contributed by atoms with van der Waals surface area (Å²) in [5, 5.41) is 0. The second-order valence-electron chi connectivity index (χ2n) is 0. The Hall–Kier alpha value is 4.79. The van der Waals surface area contributed by atoms with E-state index >= 15 is 0 Å². The number of rotatable bonds is 0. The first-order valence-corrected chi connectivity index (χ1v) is 1.17. The summed E-state index contributed by atoms with van der Waals surface area (Å²) < 4.78 is 15.9. The molecule has 0 aliphatic heterocycles. The van der Waals surface area contributed by atoms with Gasteiger partial charge in [0.15, 0.2) is 17.4 Å². The van der Waals surface area contributed by atoms with E-state index in [0.29, 0.717) is 0 Å². The zero-order chi connectivity index (χ0) is 4.00. The predicted octanol–water partition coefficient (Wildman–Crippen LogP) is -1.58. The molecule has 0 aromatic carbocycles. The van der Waals surface area contributed by atoms with Crippen molar-refractivity contribution < 1.29 is 113 Å². The summed E-state index contributed by atoms with van der Waals surface area (Å²) in [5.74, 6) is 0. The normalized spacial score (nSPS) is 1.25. The Morgan fingerprint density at radius 3 is 1.12 bits per heavy atom. The Labute approximate surface area is 164 Å². The van der Waals surface area contributed by atoms with E-state index in [1.807, 2.05) is 0 Å². The fourth-order valence-electron chi connectivity index (χ4n) is 0. The molecule has 0 spiro atoms. The van der Waals surface area contributed by atoms with E-state index in [2.05, 4.69) is 15.4 Å². The third kappa shape index (κ3) is 45.0. The van der Waals surface area contributed by atoms with E-state index in [1.54, 1.807) is 15.9 Å². The van der Waals surface area contributed by atoms with Crippen LogP contribution in [0.1, 0.15) is 2.85 Å². The van der Waals surface area contributed by atoms with Gasteiger partial charge in [0.1, 0.15) is 0 Å². The second kappa shape index (κ2) is 59.8. The van der Waals surface area contributed by atoms with Crippen LogP contribution in [0.2, 0.25) is 0 Å². The van der Waals surface area contributed by atoms with Gasteiger partial charge in [0, 0.05) is 71.2 Å². The Bertz CT molecular complexity index is 29.2. The molecule has 8 heteroatoms. The van der Waals surface area contributed by atoms with Gasteiger partial charge in [0.25, 0.3) is 0 Å². The summed E-state index contributed by atoms with van der Waals surface area (Å²) >= 11 is 4.31. The standard InChI is InChI=1S/Al.Ca.2La.Mn.Ni.2O.5H/q;+2;;;;;;;;;;2*-1. The third-order valence-electron chi connectivity index (χ3n) is 0. The first kappa shape index (κ1) is 38.6. The molecule has 2 nitrogen and oxygen atoms in total. The van der Waals surface area contributed by atoms with Crippen LogP contribution in [0.4, 0.5) is 0 Å². The average molecular weight is 496 g/mol. The van der Waals surface area contributed by atoms with Crippen LogP contribution in [-0.4, -0.2) is 55.1 Å². The minimum atomic E-state index is 0. The molecule has 45 valence electrons. The molecule has 0 atom stereocenters. The van der Waals surface area contributed by atoms with Gasteiger partial charge in [-0.25, -0.2) is 0 Å². The van der Waals surface area contributed by atoms with Crippen molar-refractivity contribution in [3.05, 3.63) is 0 Å². The fourth-order valence-corrected chi connectivity index (χ4v) is 0. The van der Waals surface area contributed by atoms with Gasteiger partial charge in [-0.3, -0.25) is 0 Å². The van der Waals surface area contributed by atoms with Crippen molar-refractivity contribution in [2.45, 2.75) is 0 Å². The summed E-state index contributed by atoms with van der Waals surface area (Å²) in [7, 11) is 0. The predicted molar refractivity (Wildman–Crippen MR) is 19.3 cm³/mol. The van der Waals surface area contributed by atoms with E-state index in [9.17, 15) is 0 Å². The van der Waals surface area contributed by atoms with Gasteiger partial charge in [-0.1, -0.05) is 0 Å². The van der Waals surface area contributed by atoms with Gasteiger partial charge in [-0.15, -0.1) is 0 Å². The molecule has 0 unspecified atom stereocenters. The van der Waals surface area contributed by atoms with E-state index in [1.165, 1.54) is 0 Å². The summed E-state index contributed by atoms with van der Waals surface area (Å²) in [4.78, 5) is 0. The average Bonchev–Trinajstić information content (AvgIpc) is 1.50. The summed E-state index contributed by atoms with van der Waals surface area (Å²) in [6.07, 6.45) is 0. The molecule has 0 heterocycles. The molecule has 0 saturated heterocycles. The van der Waals surface area contributed by atoms with Gasteiger partial charge in [0.2, 0.25) is 0 Å². The first-order valence-electron chi connectivity index (χ1n) is 0.283. The molecule has 0 aliphatic rings. The Balaban J connectivity index is -0.000000000833. The molecule has 0 bridgehead atoms. The summed E-state index contributed by atoms with van der Waals surface area (Å²) in [6, 6.07) is 0. The molecule has 0 fully saturated rings. The Kier molecular flexibility index (Phi) is 288. The van der Waals surface area contributed by atoms with Gasteiger partial charge in [0.05, 0.1) is 0 Å². The summed E-state index contributed by atoms with van der Waals surface area (Å²) in [6.45, 7) is 0. The van der Waals surface area contributed by atoms with Crippen molar-refractivity contribution in [3.8, 4) is 0 Å². The van der Waals surface area contributed by atoms with Crippen LogP contribution >= 0.6 is 0 Å². The molecule has 0 N–H and O–H groups in total. The molecule has 0 saturated carbocycles. The second-order valence-corrected chi connectivity index (χ2v) is 0. The van der Waals surface area contributed by atoms with Gasteiger partial charge in [-0.2, -0.15) is 0 Å². The molecular formula is H5AlCaLa2MnNiO2. The van der Waals surface area contributed by atoms with Crippen molar-refractivity contribution in [3.63, 3.8) is 0 Å². The molecule has 2 radical (unpaired) electrons. The molecule has 0 amide bonds. The molecule has 0 aromatic rings. The van der Waals surface area contributed by atoms with Crippen LogP contribution in [-0.2, 0) is 39.1 Å². The van der Waals surface area contributed by atoms with Gasteiger partial charge in [-0.05, 0) is 0 Å².